The van der Waals surface area contributed by atoms with Crippen LogP contribution in [0.4, 0.5) is 0 Å². The Kier molecular flexibility index (Phi) is 3.84. The molecule has 1 fully saturated rings. The second-order valence-corrected chi connectivity index (χ2v) is 6.35. The van der Waals surface area contributed by atoms with Crippen LogP contribution in [0.2, 0.25) is 0 Å². The van der Waals surface area contributed by atoms with Gasteiger partial charge in [-0.2, -0.15) is 0 Å². The van der Waals surface area contributed by atoms with Gasteiger partial charge in [0.1, 0.15) is 5.75 Å². The van der Waals surface area contributed by atoms with E-state index in [0.717, 1.165) is 19.0 Å². The van der Waals surface area contributed by atoms with E-state index in [1.165, 1.54) is 12.0 Å². The Hall–Kier alpha value is -1.28. The maximum absolute atomic E-state index is 5.75. The lowest BCUT2D eigenvalue weighted by molar-refractivity contribution is 0.179. The number of hydrogen-bond acceptors (Lipinski definition) is 2. The summed E-state index contributed by atoms with van der Waals surface area (Å²) in [6, 6.07) is 8.60. The maximum Gasteiger partial charge on any atom is 0.118 e. The average molecular weight is 272 g/mol. The first-order chi connectivity index (χ1) is 9.69. The van der Waals surface area contributed by atoms with E-state index in [1.54, 1.807) is 12.7 Å². The van der Waals surface area contributed by atoms with Crippen LogP contribution in [0.5, 0.6) is 5.75 Å². The van der Waals surface area contributed by atoms with E-state index >= 15 is 0 Å². The molecule has 0 spiro atoms. The molecule has 0 N–H and O–H groups in total. The molecule has 2 heteroatoms. The van der Waals surface area contributed by atoms with Gasteiger partial charge >= 0.3 is 0 Å². The SMILES string of the molecule is COc1ccc([C@H]2CC(C(C)C)=C[C@H]3COC[C@H]23)cc1. The van der Waals surface area contributed by atoms with Crippen molar-refractivity contribution in [3.8, 4) is 5.75 Å². The Bertz CT molecular complexity index is 487. The minimum Gasteiger partial charge on any atom is -0.497 e. The Balaban J connectivity index is 1.89. The van der Waals surface area contributed by atoms with Crippen LogP contribution in [0, 0.1) is 17.8 Å². The van der Waals surface area contributed by atoms with Gasteiger partial charge in [-0.25, -0.2) is 0 Å². The van der Waals surface area contributed by atoms with Crippen LogP contribution in [0.1, 0.15) is 31.7 Å². The molecule has 1 heterocycles. The molecule has 0 amide bonds. The molecule has 0 radical (unpaired) electrons. The van der Waals surface area contributed by atoms with E-state index in [4.69, 9.17) is 9.47 Å². The summed E-state index contributed by atoms with van der Waals surface area (Å²) in [7, 11) is 1.72. The number of allylic oxidation sites excluding steroid dienone is 1. The number of ether oxygens (including phenoxy) is 2. The van der Waals surface area contributed by atoms with Crippen molar-refractivity contribution in [1.82, 2.24) is 0 Å². The molecule has 1 saturated heterocycles. The summed E-state index contributed by atoms with van der Waals surface area (Å²) >= 11 is 0. The highest BCUT2D eigenvalue weighted by molar-refractivity contribution is 5.33. The fourth-order valence-electron chi connectivity index (χ4n) is 3.57. The second-order valence-electron chi connectivity index (χ2n) is 6.35. The summed E-state index contributed by atoms with van der Waals surface area (Å²) < 4.78 is 11.0. The molecule has 0 saturated carbocycles. The zero-order chi connectivity index (χ0) is 14.1. The largest absolute Gasteiger partial charge is 0.497 e. The average Bonchev–Trinajstić information content (AvgIpc) is 2.94. The molecular weight excluding hydrogens is 248 g/mol. The predicted octanol–water partition coefficient (Wildman–Crippen LogP) is 4.03. The molecule has 1 aromatic carbocycles. The second kappa shape index (κ2) is 5.61. The van der Waals surface area contributed by atoms with Crippen LogP contribution in [0.3, 0.4) is 0 Å². The van der Waals surface area contributed by atoms with E-state index in [0.29, 0.717) is 23.7 Å². The minimum absolute atomic E-state index is 0.593. The lowest BCUT2D eigenvalue weighted by Gasteiger charge is -2.33. The van der Waals surface area contributed by atoms with E-state index < -0.39 is 0 Å². The summed E-state index contributed by atoms with van der Waals surface area (Å²) in [6.45, 7) is 6.40. The van der Waals surface area contributed by atoms with Crippen LogP contribution < -0.4 is 4.74 Å². The van der Waals surface area contributed by atoms with Gasteiger partial charge in [0, 0.05) is 5.92 Å². The van der Waals surface area contributed by atoms with Crippen molar-refractivity contribution >= 4 is 0 Å². The van der Waals surface area contributed by atoms with Crippen LogP contribution >= 0.6 is 0 Å². The summed E-state index contributed by atoms with van der Waals surface area (Å²) in [4.78, 5) is 0. The van der Waals surface area contributed by atoms with Gasteiger partial charge in [-0.1, -0.05) is 37.6 Å². The van der Waals surface area contributed by atoms with Crippen LogP contribution in [-0.2, 0) is 4.74 Å². The quantitative estimate of drug-likeness (QED) is 0.774. The third-order valence-electron chi connectivity index (χ3n) is 4.86. The molecule has 3 rings (SSSR count). The molecule has 3 atom stereocenters. The first-order valence-corrected chi connectivity index (χ1v) is 7.61. The highest BCUT2D eigenvalue weighted by Gasteiger charge is 2.38. The summed E-state index contributed by atoms with van der Waals surface area (Å²) in [6.07, 6.45) is 3.66. The van der Waals surface area contributed by atoms with E-state index in [2.05, 4.69) is 44.2 Å². The van der Waals surface area contributed by atoms with E-state index in [-0.39, 0.29) is 0 Å². The van der Waals surface area contributed by atoms with Crippen molar-refractivity contribution in [1.29, 1.82) is 0 Å². The van der Waals surface area contributed by atoms with Gasteiger partial charge in [0.15, 0.2) is 0 Å². The number of rotatable bonds is 3. The number of methoxy groups -OCH3 is 1. The monoisotopic (exact) mass is 272 g/mol. The van der Waals surface area contributed by atoms with Gasteiger partial charge in [-0.15, -0.1) is 0 Å². The lowest BCUT2D eigenvalue weighted by Crippen LogP contribution is -2.25. The normalized spacial score (nSPS) is 29.2. The molecule has 2 aliphatic rings. The standard InChI is InChI=1S/C18H24O2/c1-12(2)14-8-15-10-20-11-18(15)17(9-14)13-4-6-16(19-3)7-5-13/h4-8,12,15,17-18H,9-11H2,1-3H3/t15-,17+,18-/m0/s1. The van der Waals surface area contributed by atoms with Crippen molar-refractivity contribution in [3.63, 3.8) is 0 Å². The first-order valence-electron chi connectivity index (χ1n) is 7.61. The molecule has 2 nitrogen and oxygen atoms in total. The summed E-state index contributed by atoms with van der Waals surface area (Å²) in [5.74, 6) is 3.41. The molecule has 1 aromatic rings. The van der Waals surface area contributed by atoms with Gasteiger partial charge in [0.05, 0.1) is 20.3 Å². The topological polar surface area (TPSA) is 18.5 Å². The molecule has 108 valence electrons. The molecule has 1 aliphatic carbocycles. The van der Waals surface area contributed by atoms with E-state index in [9.17, 15) is 0 Å². The maximum atomic E-state index is 5.75. The molecule has 0 unspecified atom stereocenters. The molecular formula is C18H24O2. The molecule has 0 aromatic heterocycles. The van der Waals surface area contributed by atoms with Gasteiger partial charge in [-0.3, -0.25) is 0 Å². The zero-order valence-corrected chi connectivity index (χ0v) is 12.6. The first kappa shape index (κ1) is 13.7. The van der Waals surface area contributed by atoms with Crippen LogP contribution in [0.15, 0.2) is 35.9 Å². The van der Waals surface area contributed by atoms with Crippen molar-refractivity contribution < 1.29 is 9.47 Å². The fourth-order valence-corrected chi connectivity index (χ4v) is 3.57. The van der Waals surface area contributed by atoms with Crippen molar-refractivity contribution in [2.24, 2.45) is 17.8 Å². The van der Waals surface area contributed by atoms with Crippen LogP contribution in [-0.4, -0.2) is 20.3 Å². The molecule has 1 aliphatic heterocycles. The number of fused-ring (bicyclic) bond motifs is 1. The lowest BCUT2D eigenvalue weighted by atomic mass is 9.70. The van der Waals surface area contributed by atoms with Crippen molar-refractivity contribution in [2.75, 3.05) is 20.3 Å². The molecule has 0 bridgehead atoms. The van der Waals surface area contributed by atoms with Crippen molar-refractivity contribution in [2.45, 2.75) is 26.2 Å². The number of hydrogen-bond donors (Lipinski definition) is 0. The Labute approximate surface area is 121 Å². The summed E-state index contributed by atoms with van der Waals surface area (Å²) in [5, 5.41) is 0. The predicted molar refractivity (Wildman–Crippen MR) is 81.1 cm³/mol. The van der Waals surface area contributed by atoms with Crippen molar-refractivity contribution in [3.05, 3.63) is 41.5 Å². The van der Waals surface area contributed by atoms with Gasteiger partial charge < -0.3 is 9.47 Å². The third kappa shape index (κ3) is 2.49. The fraction of sp³-hybridized carbons (Fsp3) is 0.556. The minimum atomic E-state index is 0.593. The Morgan fingerprint density at radius 2 is 1.90 bits per heavy atom. The smallest absolute Gasteiger partial charge is 0.118 e. The van der Waals surface area contributed by atoms with Gasteiger partial charge in [-0.05, 0) is 41.9 Å². The highest BCUT2D eigenvalue weighted by Crippen LogP contribution is 2.45. The Morgan fingerprint density at radius 3 is 2.55 bits per heavy atom. The molecule has 20 heavy (non-hydrogen) atoms. The van der Waals surface area contributed by atoms with E-state index in [1.807, 2.05) is 0 Å². The van der Waals surface area contributed by atoms with Gasteiger partial charge in [0.25, 0.3) is 0 Å². The Morgan fingerprint density at radius 1 is 1.15 bits per heavy atom. The third-order valence-corrected chi connectivity index (χ3v) is 4.86. The summed E-state index contributed by atoms with van der Waals surface area (Å²) in [5.41, 5.74) is 3.02. The zero-order valence-electron chi connectivity index (χ0n) is 12.6. The number of benzene rings is 1. The van der Waals surface area contributed by atoms with Gasteiger partial charge in [0.2, 0.25) is 0 Å². The highest BCUT2D eigenvalue weighted by atomic mass is 16.5. The van der Waals surface area contributed by atoms with Crippen LogP contribution in [0.25, 0.3) is 0 Å².